The number of phenolic OH excluding ortho intramolecular Hbond substituents is 1. The van der Waals surface area contributed by atoms with Gasteiger partial charge in [-0.25, -0.2) is 0 Å². The fourth-order valence-electron chi connectivity index (χ4n) is 2.16. The third-order valence-electron chi connectivity index (χ3n) is 3.46. The SMILES string of the molecule is CCC(C)c1cc(O)c(C)c2ccccc12. The molecule has 2 aromatic carbocycles. The zero-order valence-corrected chi connectivity index (χ0v) is 10.1. The molecule has 2 aromatic rings. The first-order chi connectivity index (χ1) is 7.65. The molecular formula is C15H18O. The minimum absolute atomic E-state index is 0.411. The van der Waals surface area contributed by atoms with Crippen molar-refractivity contribution in [3.05, 3.63) is 41.5 Å². The van der Waals surface area contributed by atoms with Crippen molar-refractivity contribution < 1.29 is 5.11 Å². The second-order valence-corrected chi connectivity index (χ2v) is 4.46. The highest BCUT2D eigenvalue weighted by Gasteiger charge is 2.11. The topological polar surface area (TPSA) is 20.2 Å². The molecule has 84 valence electrons. The number of aryl methyl sites for hydroxylation is 1. The highest BCUT2D eigenvalue weighted by atomic mass is 16.3. The monoisotopic (exact) mass is 214 g/mol. The van der Waals surface area contributed by atoms with Crippen LogP contribution in [-0.2, 0) is 0 Å². The molecule has 1 nitrogen and oxygen atoms in total. The van der Waals surface area contributed by atoms with Crippen LogP contribution in [0.5, 0.6) is 5.75 Å². The van der Waals surface area contributed by atoms with E-state index in [-0.39, 0.29) is 0 Å². The van der Waals surface area contributed by atoms with Crippen LogP contribution in [0.15, 0.2) is 30.3 Å². The van der Waals surface area contributed by atoms with E-state index < -0.39 is 0 Å². The summed E-state index contributed by atoms with van der Waals surface area (Å²) < 4.78 is 0. The number of benzene rings is 2. The average molecular weight is 214 g/mol. The van der Waals surface area contributed by atoms with E-state index in [4.69, 9.17) is 0 Å². The number of aromatic hydroxyl groups is 1. The summed E-state index contributed by atoms with van der Waals surface area (Å²) in [6, 6.07) is 10.2. The molecule has 0 aliphatic heterocycles. The third kappa shape index (κ3) is 1.67. The lowest BCUT2D eigenvalue weighted by atomic mass is 9.90. The summed E-state index contributed by atoms with van der Waals surface area (Å²) in [4.78, 5) is 0. The van der Waals surface area contributed by atoms with Gasteiger partial charge in [-0.3, -0.25) is 0 Å². The van der Waals surface area contributed by atoms with Crippen LogP contribution in [-0.4, -0.2) is 5.11 Å². The molecule has 16 heavy (non-hydrogen) atoms. The summed E-state index contributed by atoms with van der Waals surface area (Å²) in [6.07, 6.45) is 1.09. The molecule has 2 rings (SSSR count). The minimum atomic E-state index is 0.411. The zero-order chi connectivity index (χ0) is 11.7. The predicted octanol–water partition coefficient (Wildman–Crippen LogP) is 4.37. The lowest BCUT2D eigenvalue weighted by Gasteiger charge is -2.15. The van der Waals surface area contributed by atoms with E-state index in [1.54, 1.807) is 0 Å². The second kappa shape index (κ2) is 4.17. The molecule has 0 amide bonds. The number of hydrogen-bond donors (Lipinski definition) is 1. The molecule has 0 heterocycles. The number of phenols is 1. The van der Waals surface area contributed by atoms with Crippen molar-refractivity contribution in [2.45, 2.75) is 33.1 Å². The Bertz CT molecular complexity index is 514. The van der Waals surface area contributed by atoms with Crippen molar-refractivity contribution in [1.82, 2.24) is 0 Å². The first kappa shape index (κ1) is 11.0. The van der Waals surface area contributed by atoms with Gasteiger partial charge in [-0.2, -0.15) is 0 Å². The first-order valence-corrected chi connectivity index (χ1v) is 5.86. The molecule has 1 unspecified atom stereocenters. The van der Waals surface area contributed by atoms with Gasteiger partial charge < -0.3 is 5.11 Å². The van der Waals surface area contributed by atoms with Crippen molar-refractivity contribution >= 4 is 10.8 Å². The van der Waals surface area contributed by atoms with Crippen LogP contribution in [0, 0.1) is 6.92 Å². The quantitative estimate of drug-likeness (QED) is 0.787. The van der Waals surface area contributed by atoms with Gasteiger partial charge >= 0.3 is 0 Å². The van der Waals surface area contributed by atoms with Crippen molar-refractivity contribution in [2.75, 3.05) is 0 Å². The molecule has 0 aromatic heterocycles. The van der Waals surface area contributed by atoms with Crippen LogP contribution in [0.4, 0.5) is 0 Å². The largest absolute Gasteiger partial charge is 0.508 e. The van der Waals surface area contributed by atoms with Gasteiger partial charge in [-0.15, -0.1) is 0 Å². The van der Waals surface area contributed by atoms with Crippen LogP contribution >= 0.6 is 0 Å². The molecule has 0 spiro atoms. The van der Waals surface area contributed by atoms with Gasteiger partial charge in [-0.05, 0) is 47.2 Å². The standard InChI is InChI=1S/C15H18O/c1-4-10(2)14-9-15(16)11(3)12-7-5-6-8-13(12)14/h5-10,16H,4H2,1-3H3. The maximum atomic E-state index is 9.94. The zero-order valence-electron chi connectivity index (χ0n) is 10.1. The summed E-state index contributed by atoms with van der Waals surface area (Å²) in [5.74, 6) is 0.894. The van der Waals surface area contributed by atoms with Crippen molar-refractivity contribution in [2.24, 2.45) is 0 Å². The summed E-state index contributed by atoms with van der Waals surface area (Å²) in [5, 5.41) is 12.4. The van der Waals surface area contributed by atoms with Crippen molar-refractivity contribution in [1.29, 1.82) is 0 Å². The average Bonchev–Trinajstić information content (AvgIpc) is 2.33. The van der Waals surface area contributed by atoms with Gasteiger partial charge in [0.15, 0.2) is 0 Å². The molecule has 0 aliphatic carbocycles. The van der Waals surface area contributed by atoms with E-state index in [0.29, 0.717) is 11.7 Å². The molecule has 0 radical (unpaired) electrons. The summed E-state index contributed by atoms with van der Waals surface area (Å²) in [7, 11) is 0. The van der Waals surface area contributed by atoms with E-state index in [1.165, 1.54) is 10.9 Å². The van der Waals surface area contributed by atoms with Gasteiger partial charge in [-0.1, -0.05) is 38.1 Å². The Hall–Kier alpha value is -1.50. The maximum Gasteiger partial charge on any atom is 0.119 e. The van der Waals surface area contributed by atoms with E-state index in [0.717, 1.165) is 17.4 Å². The predicted molar refractivity (Wildman–Crippen MR) is 69.1 cm³/mol. The van der Waals surface area contributed by atoms with Gasteiger partial charge in [0.05, 0.1) is 0 Å². The maximum absolute atomic E-state index is 9.94. The third-order valence-corrected chi connectivity index (χ3v) is 3.46. The van der Waals surface area contributed by atoms with Gasteiger partial charge in [0.25, 0.3) is 0 Å². The molecule has 0 saturated carbocycles. The fourth-order valence-corrected chi connectivity index (χ4v) is 2.16. The number of rotatable bonds is 2. The Morgan fingerprint density at radius 1 is 1.19 bits per heavy atom. The van der Waals surface area contributed by atoms with Crippen LogP contribution in [0.3, 0.4) is 0 Å². The first-order valence-electron chi connectivity index (χ1n) is 5.86. The Labute approximate surface area is 96.7 Å². The van der Waals surface area contributed by atoms with Crippen LogP contribution in [0.25, 0.3) is 10.8 Å². The molecule has 0 bridgehead atoms. The second-order valence-electron chi connectivity index (χ2n) is 4.46. The molecule has 0 saturated heterocycles. The number of hydrogen-bond acceptors (Lipinski definition) is 1. The Morgan fingerprint density at radius 2 is 1.81 bits per heavy atom. The Balaban J connectivity index is 2.79. The number of fused-ring (bicyclic) bond motifs is 1. The Kier molecular flexibility index (Phi) is 2.86. The fraction of sp³-hybridized carbons (Fsp3) is 0.333. The van der Waals surface area contributed by atoms with Crippen LogP contribution in [0.2, 0.25) is 0 Å². The van der Waals surface area contributed by atoms with E-state index >= 15 is 0 Å². The normalized spacial score (nSPS) is 12.9. The van der Waals surface area contributed by atoms with Crippen molar-refractivity contribution in [3.63, 3.8) is 0 Å². The van der Waals surface area contributed by atoms with E-state index in [1.807, 2.05) is 19.1 Å². The molecule has 1 heteroatoms. The highest BCUT2D eigenvalue weighted by molar-refractivity contribution is 5.90. The van der Waals surface area contributed by atoms with Crippen LogP contribution < -0.4 is 0 Å². The molecule has 1 atom stereocenters. The van der Waals surface area contributed by atoms with Crippen LogP contribution in [0.1, 0.15) is 37.3 Å². The summed E-state index contributed by atoms with van der Waals surface area (Å²) >= 11 is 0. The molecular weight excluding hydrogens is 196 g/mol. The summed E-state index contributed by atoms with van der Waals surface area (Å²) in [6.45, 7) is 6.35. The molecule has 0 fully saturated rings. The van der Waals surface area contributed by atoms with Gasteiger partial charge in [0.1, 0.15) is 5.75 Å². The molecule has 0 aliphatic rings. The highest BCUT2D eigenvalue weighted by Crippen LogP contribution is 2.34. The summed E-state index contributed by atoms with van der Waals surface area (Å²) in [5.41, 5.74) is 2.23. The minimum Gasteiger partial charge on any atom is -0.508 e. The smallest absolute Gasteiger partial charge is 0.119 e. The lowest BCUT2D eigenvalue weighted by Crippen LogP contribution is -1.94. The molecule has 1 N–H and O–H groups in total. The van der Waals surface area contributed by atoms with E-state index in [2.05, 4.69) is 32.0 Å². The van der Waals surface area contributed by atoms with E-state index in [9.17, 15) is 5.11 Å². The lowest BCUT2D eigenvalue weighted by molar-refractivity contribution is 0.471. The van der Waals surface area contributed by atoms with Gasteiger partial charge in [0, 0.05) is 0 Å². The Morgan fingerprint density at radius 3 is 2.44 bits per heavy atom. The van der Waals surface area contributed by atoms with Gasteiger partial charge in [0.2, 0.25) is 0 Å². The van der Waals surface area contributed by atoms with Crippen molar-refractivity contribution in [3.8, 4) is 5.75 Å².